The summed E-state index contributed by atoms with van der Waals surface area (Å²) >= 11 is 6.24. The van der Waals surface area contributed by atoms with Crippen molar-refractivity contribution in [2.24, 2.45) is 0 Å². The Morgan fingerprint density at radius 3 is 2.81 bits per heavy atom. The summed E-state index contributed by atoms with van der Waals surface area (Å²) in [5.41, 5.74) is 3.79. The quantitative estimate of drug-likeness (QED) is 0.451. The molecule has 1 unspecified atom stereocenters. The van der Waals surface area contributed by atoms with E-state index in [4.69, 9.17) is 16.4 Å². The molecular weight excluding hydrogens is 362 g/mol. The van der Waals surface area contributed by atoms with Gasteiger partial charge < -0.3 is 9.40 Å². The lowest BCUT2D eigenvalue weighted by atomic mass is 9.98. The highest BCUT2D eigenvalue weighted by Crippen LogP contribution is 2.30. The van der Waals surface area contributed by atoms with E-state index in [0.29, 0.717) is 11.6 Å². The molecule has 0 fully saturated rings. The first-order chi connectivity index (χ1) is 13.3. The van der Waals surface area contributed by atoms with Crippen LogP contribution in [0.4, 0.5) is 0 Å². The van der Waals surface area contributed by atoms with Crippen LogP contribution in [0.5, 0.6) is 0 Å². The average molecular weight is 382 g/mol. The van der Waals surface area contributed by atoms with Crippen molar-refractivity contribution in [2.75, 3.05) is 6.61 Å². The van der Waals surface area contributed by atoms with Crippen molar-refractivity contribution in [3.8, 4) is 0 Å². The van der Waals surface area contributed by atoms with Crippen LogP contribution in [0.3, 0.4) is 0 Å². The lowest BCUT2D eigenvalue weighted by Crippen LogP contribution is -2.15. The molecule has 0 aliphatic carbocycles. The van der Waals surface area contributed by atoms with E-state index >= 15 is 0 Å². The SMILES string of the molecule is CCCCOn1nnc2ccc(C(c3cccc(Cl)c3)n3ccnc3)cc21. The highest BCUT2D eigenvalue weighted by atomic mass is 35.5. The topological polar surface area (TPSA) is 57.8 Å². The number of hydrogen-bond donors (Lipinski definition) is 0. The smallest absolute Gasteiger partial charge is 0.131 e. The van der Waals surface area contributed by atoms with Gasteiger partial charge in [-0.25, -0.2) is 4.98 Å². The normalized spacial score (nSPS) is 12.4. The molecule has 0 saturated heterocycles. The van der Waals surface area contributed by atoms with Gasteiger partial charge in [-0.2, -0.15) is 0 Å². The molecule has 2 aromatic carbocycles. The van der Waals surface area contributed by atoms with Crippen LogP contribution in [0.25, 0.3) is 11.0 Å². The van der Waals surface area contributed by atoms with Crippen molar-refractivity contribution in [3.63, 3.8) is 0 Å². The van der Waals surface area contributed by atoms with Gasteiger partial charge in [0.05, 0.1) is 12.4 Å². The Labute approximate surface area is 162 Å². The predicted octanol–water partition coefficient (Wildman–Crippen LogP) is 4.15. The molecule has 0 aliphatic rings. The van der Waals surface area contributed by atoms with Gasteiger partial charge >= 0.3 is 0 Å². The van der Waals surface area contributed by atoms with Crippen molar-refractivity contribution in [2.45, 2.75) is 25.8 Å². The van der Waals surface area contributed by atoms with Crippen LogP contribution in [0.1, 0.15) is 36.9 Å². The summed E-state index contributed by atoms with van der Waals surface area (Å²) < 4.78 is 2.05. The zero-order valence-corrected chi connectivity index (χ0v) is 15.8. The third-order valence-corrected chi connectivity index (χ3v) is 4.69. The highest BCUT2D eigenvalue weighted by Gasteiger charge is 2.18. The van der Waals surface area contributed by atoms with Crippen molar-refractivity contribution >= 4 is 22.6 Å². The van der Waals surface area contributed by atoms with Crippen LogP contribution in [0.15, 0.2) is 61.2 Å². The fourth-order valence-electron chi connectivity index (χ4n) is 3.11. The lowest BCUT2D eigenvalue weighted by molar-refractivity contribution is 0.0853. The molecule has 1 atom stereocenters. The van der Waals surface area contributed by atoms with Crippen molar-refractivity contribution in [3.05, 3.63) is 77.3 Å². The molecule has 138 valence electrons. The minimum absolute atomic E-state index is 0.0606. The van der Waals surface area contributed by atoms with Crippen molar-refractivity contribution < 1.29 is 4.84 Å². The number of nitrogens with zero attached hydrogens (tertiary/aromatic N) is 5. The summed E-state index contributed by atoms with van der Waals surface area (Å²) in [6.45, 7) is 2.74. The Kier molecular flexibility index (Phi) is 5.07. The Morgan fingerprint density at radius 1 is 1.15 bits per heavy atom. The molecule has 27 heavy (non-hydrogen) atoms. The Bertz CT molecular complexity index is 1030. The summed E-state index contributed by atoms with van der Waals surface area (Å²) in [4.78, 5) is 11.5. The van der Waals surface area contributed by atoms with Gasteiger partial charge in [0.1, 0.15) is 17.6 Å². The molecule has 0 radical (unpaired) electrons. The van der Waals surface area contributed by atoms with Gasteiger partial charge in [-0.15, -0.1) is 5.10 Å². The Hall–Kier alpha value is -2.86. The average Bonchev–Trinajstić information content (AvgIpc) is 3.33. The number of aromatic nitrogens is 5. The van der Waals surface area contributed by atoms with Crippen molar-refractivity contribution in [1.29, 1.82) is 0 Å². The number of rotatable bonds is 7. The molecule has 0 spiro atoms. The predicted molar refractivity (Wildman–Crippen MR) is 105 cm³/mol. The van der Waals surface area contributed by atoms with Crippen LogP contribution in [-0.4, -0.2) is 31.3 Å². The third-order valence-electron chi connectivity index (χ3n) is 4.45. The van der Waals surface area contributed by atoms with Crippen molar-refractivity contribution in [1.82, 2.24) is 24.7 Å². The first kappa shape index (κ1) is 17.5. The van der Waals surface area contributed by atoms with Crippen LogP contribution < -0.4 is 4.84 Å². The van der Waals surface area contributed by atoms with Gasteiger partial charge in [0, 0.05) is 17.4 Å². The molecule has 7 heteroatoms. The van der Waals surface area contributed by atoms with Crippen LogP contribution in [-0.2, 0) is 0 Å². The molecule has 4 aromatic rings. The monoisotopic (exact) mass is 381 g/mol. The molecule has 2 aromatic heterocycles. The first-order valence-corrected chi connectivity index (χ1v) is 9.35. The zero-order valence-electron chi connectivity index (χ0n) is 15.0. The van der Waals surface area contributed by atoms with Gasteiger partial charge in [0.25, 0.3) is 0 Å². The van der Waals surface area contributed by atoms with Gasteiger partial charge in [-0.3, -0.25) is 0 Å². The molecular formula is C20H20ClN5O. The summed E-state index contributed by atoms with van der Waals surface area (Å²) in [5, 5.41) is 9.02. The molecule has 0 N–H and O–H groups in total. The van der Waals surface area contributed by atoms with Gasteiger partial charge in [0.2, 0.25) is 0 Å². The highest BCUT2D eigenvalue weighted by molar-refractivity contribution is 6.30. The summed E-state index contributed by atoms with van der Waals surface area (Å²) in [5.74, 6) is 0. The van der Waals surface area contributed by atoms with E-state index in [9.17, 15) is 0 Å². The molecule has 0 saturated carbocycles. The second kappa shape index (κ2) is 7.80. The maximum absolute atomic E-state index is 6.24. The standard InChI is InChI=1S/C20H20ClN5O/c1-2-3-11-27-26-19-13-16(7-8-18(19)23-24-26)20(25-10-9-22-14-25)15-5-4-6-17(21)12-15/h4-10,12-14,20H,2-3,11H2,1H3. The lowest BCUT2D eigenvalue weighted by Gasteiger charge is -2.20. The summed E-state index contributed by atoms with van der Waals surface area (Å²) in [6, 6.07) is 13.9. The largest absolute Gasteiger partial charge is 0.395 e. The second-order valence-corrected chi connectivity index (χ2v) is 6.80. The molecule has 2 heterocycles. The fraction of sp³-hybridized carbons (Fsp3) is 0.250. The molecule has 0 aliphatic heterocycles. The molecule has 4 rings (SSSR count). The van der Waals surface area contributed by atoms with Gasteiger partial charge in [-0.05, 0) is 47.0 Å². The number of imidazole rings is 1. The van der Waals surface area contributed by atoms with E-state index in [1.807, 2.05) is 36.8 Å². The van der Waals surface area contributed by atoms with E-state index in [2.05, 4.69) is 45.0 Å². The molecule has 0 amide bonds. The summed E-state index contributed by atoms with van der Waals surface area (Å²) in [6.07, 6.45) is 7.57. The molecule has 6 nitrogen and oxygen atoms in total. The Morgan fingerprint density at radius 2 is 2.04 bits per heavy atom. The fourth-order valence-corrected chi connectivity index (χ4v) is 3.31. The third kappa shape index (κ3) is 3.66. The Balaban J connectivity index is 1.78. The van der Waals surface area contributed by atoms with E-state index in [0.717, 1.165) is 35.0 Å². The van der Waals surface area contributed by atoms with E-state index in [1.165, 1.54) is 4.85 Å². The van der Waals surface area contributed by atoms with E-state index < -0.39 is 0 Å². The van der Waals surface area contributed by atoms with E-state index in [-0.39, 0.29) is 6.04 Å². The summed E-state index contributed by atoms with van der Waals surface area (Å²) in [7, 11) is 0. The van der Waals surface area contributed by atoms with Crippen LogP contribution >= 0.6 is 11.6 Å². The minimum atomic E-state index is -0.0606. The maximum atomic E-state index is 6.24. The van der Waals surface area contributed by atoms with Crippen LogP contribution in [0.2, 0.25) is 5.02 Å². The minimum Gasteiger partial charge on any atom is -0.395 e. The van der Waals surface area contributed by atoms with E-state index in [1.54, 1.807) is 6.20 Å². The number of fused-ring (bicyclic) bond motifs is 1. The number of benzene rings is 2. The maximum Gasteiger partial charge on any atom is 0.131 e. The number of unbranched alkanes of at least 4 members (excludes halogenated alkanes) is 1. The van der Waals surface area contributed by atoms with Gasteiger partial charge in [0.15, 0.2) is 0 Å². The zero-order chi connectivity index (χ0) is 18.6. The number of hydrogen-bond acceptors (Lipinski definition) is 4. The molecule has 0 bridgehead atoms. The van der Waals surface area contributed by atoms with Crippen LogP contribution in [0, 0.1) is 0 Å². The number of halogens is 1. The second-order valence-electron chi connectivity index (χ2n) is 6.36. The van der Waals surface area contributed by atoms with Gasteiger partial charge in [-0.1, -0.05) is 48.0 Å². The first-order valence-electron chi connectivity index (χ1n) is 8.98.